The van der Waals surface area contributed by atoms with E-state index in [1.165, 1.54) is 24.3 Å². The number of aliphatic hydroxyl groups is 1. The topological polar surface area (TPSA) is 37.3 Å². The molecule has 2 nitrogen and oxygen atoms in total. The van der Waals surface area contributed by atoms with Gasteiger partial charge in [-0.1, -0.05) is 24.3 Å². The summed E-state index contributed by atoms with van der Waals surface area (Å²) in [6.07, 6.45) is 0. The van der Waals surface area contributed by atoms with Gasteiger partial charge in [-0.25, -0.2) is 13.2 Å². The Labute approximate surface area is 107 Å². The molecule has 0 aromatic heterocycles. The highest BCUT2D eigenvalue weighted by molar-refractivity contribution is 6.09. The van der Waals surface area contributed by atoms with Crippen molar-refractivity contribution in [3.05, 3.63) is 70.5 Å². The molecule has 5 heteroatoms. The van der Waals surface area contributed by atoms with Gasteiger partial charge in [0, 0.05) is 11.6 Å². The fraction of sp³-hybridized carbons (Fsp3) is 0.0714. The van der Waals surface area contributed by atoms with Crippen LogP contribution in [0.25, 0.3) is 0 Å². The van der Waals surface area contributed by atoms with Crippen molar-refractivity contribution < 1.29 is 23.1 Å². The molecular formula is C14H9F3O2. The van der Waals surface area contributed by atoms with Crippen LogP contribution in [0.4, 0.5) is 13.2 Å². The predicted octanol–water partition coefficient (Wildman–Crippen LogP) is 2.83. The van der Waals surface area contributed by atoms with E-state index in [4.69, 9.17) is 5.11 Å². The van der Waals surface area contributed by atoms with Gasteiger partial charge in [-0.15, -0.1) is 0 Å². The largest absolute Gasteiger partial charge is 0.392 e. The Morgan fingerprint density at radius 1 is 0.947 bits per heavy atom. The molecule has 0 aliphatic heterocycles. The summed E-state index contributed by atoms with van der Waals surface area (Å²) >= 11 is 0. The van der Waals surface area contributed by atoms with Crippen molar-refractivity contribution in [2.75, 3.05) is 0 Å². The number of hydrogen-bond acceptors (Lipinski definition) is 2. The molecule has 1 N–H and O–H groups in total. The molecule has 2 aromatic carbocycles. The molecule has 0 radical (unpaired) electrons. The third-order valence-corrected chi connectivity index (χ3v) is 2.65. The van der Waals surface area contributed by atoms with E-state index in [0.29, 0.717) is 17.7 Å². The minimum atomic E-state index is -1.34. The van der Waals surface area contributed by atoms with Crippen LogP contribution >= 0.6 is 0 Å². The Balaban J connectivity index is 2.40. The third kappa shape index (κ3) is 2.66. The molecule has 0 heterocycles. The molecule has 0 unspecified atom stereocenters. The lowest BCUT2D eigenvalue weighted by Gasteiger charge is -2.04. The van der Waals surface area contributed by atoms with Gasteiger partial charge in [0.2, 0.25) is 0 Å². The molecule has 2 rings (SSSR count). The van der Waals surface area contributed by atoms with Gasteiger partial charge in [-0.05, 0) is 11.6 Å². The van der Waals surface area contributed by atoms with Crippen LogP contribution in [0.5, 0.6) is 0 Å². The first kappa shape index (κ1) is 13.3. The first-order valence-corrected chi connectivity index (χ1v) is 5.42. The summed E-state index contributed by atoms with van der Waals surface area (Å²) in [5.74, 6) is -4.49. The maximum absolute atomic E-state index is 13.4. The van der Waals surface area contributed by atoms with Gasteiger partial charge in [0.25, 0.3) is 0 Å². The summed E-state index contributed by atoms with van der Waals surface area (Å²) in [4.78, 5) is 11.9. The molecule has 0 atom stereocenters. The fourth-order valence-electron chi connectivity index (χ4n) is 1.61. The maximum Gasteiger partial charge on any atom is 0.196 e. The Hall–Kier alpha value is -2.14. The molecule has 0 fully saturated rings. The maximum atomic E-state index is 13.4. The van der Waals surface area contributed by atoms with Crippen molar-refractivity contribution in [3.8, 4) is 0 Å². The first-order valence-electron chi connectivity index (χ1n) is 5.42. The van der Waals surface area contributed by atoms with Crippen molar-refractivity contribution >= 4 is 5.78 Å². The quantitative estimate of drug-likeness (QED) is 0.685. The molecule has 0 bridgehead atoms. The molecule has 19 heavy (non-hydrogen) atoms. The summed E-state index contributed by atoms with van der Waals surface area (Å²) < 4.78 is 39.2. The molecule has 0 aliphatic rings. The Bertz CT molecular complexity index is 621. The van der Waals surface area contributed by atoms with Gasteiger partial charge < -0.3 is 5.11 Å². The standard InChI is InChI=1S/C14H9F3O2/c15-11-6-13(17)12(16)5-10(11)14(19)9-3-1-8(7-18)2-4-9/h1-6,18H,7H2. The number of ketones is 1. The van der Waals surface area contributed by atoms with Gasteiger partial charge in [0.1, 0.15) is 5.82 Å². The number of benzene rings is 2. The predicted molar refractivity (Wildman–Crippen MR) is 62.1 cm³/mol. The molecular weight excluding hydrogens is 257 g/mol. The van der Waals surface area contributed by atoms with E-state index in [0.717, 1.165) is 0 Å². The van der Waals surface area contributed by atoms with Crippen molar-refractivity contribution in [1.82, 2.24) is 0 Å². The summed E-state index contributed by atoms with van der Waals surface area (Å²) in [5, 5.41) is 8.86. The van der Waals surface area contributed by atoms with Crippen LogP contribution < -0.4 is 0 Å². The number of halogens is 3. The zero-order valence-electron chi connectivity index (χ0n) is 9.66. The van der Waals surface area contributed by atoms with Crippen LogP contribution in [0, 0.1) is 17.5 Å². The lowest BCUT2D eigenvalue weighted by molar-refractivity contribution is 0.103. The van der Waals surface area contributed by atoms with Gasteiger partial charge in [0.15, 0.2) is 17.4 Å². The molecule has 0 saturated carbocycles. The van der Waals surface area contributed by atoms with Crippen LogP contribution in [0.15, 0.2) is 36.4 Å². The van der Waals surface area contributed by atoms with E-state index >= 15 is 0 Å². The normalized spacial score (nSPS) is 10.5. The van der Waals surface area contributed by atoms with E-state index in [1.807, 2.05) is 0 Å². The Morgan fingerprint density at radius 3 is 2.11 bits per heavy atom. The number of carbonyl (C=O) groups excluding carboxylic acids is 1. The van der Waals surface area contributed by atoms with Gasteiger partial charge in [0.05, 0.1) is 12.2 Å². The van der Waals surface area contributed by atoms with Crippen LogP contribution in [0.1, 0.15) is 21.5 Å². The highest BCUT2D eigenvalue weighted by Gasteiger charge is 2.17. The second-order valence-electron chi connectivity index (χ2n) is 3.93. The lowest BCUT2D eigenvalue weighted by Crippen LogP contribution is -2.06. The van der Waals surface area contributed by atoms with E-state index in [-0.39, 0.29) is 12.2 Å². The van der Waals surface area contributed by atoms with E-state index < -0.39 is 28.8 Å². The van der Waals surface area contributed by atoms with Gasteiger partial charge in [-0.3, -0.25) is 4.79 Å². The van der Waals surface area contributed by atoms with Gasteiger partial charge in [-0.2, -0.15) is 0 Å². The highest BCUT2D eigenvalue weighted by atomic mass is 19.2. The number of rotatable bonds is 3. The summed E-state index contributed by atoms with van der Waals surface area (Å²) in [5.41, 5.74) is 0.181. The molecule has 0 spiro atoms. The first-order chi connectivity index (χ1) is 9.02. The molecule has 0 aliphatic carbocycles. The van der Waals surface area contributed by atoms with Crippen LogP contribution in [-0.4, -0.2) is 10.9 Å². The Kier molecular flexibility index (Phi) is 3.66. The highest BCUT2D eigenvalue weighted by Crippen LogP contribution is 2.18. The van der Waals surface area contributed by atoms with Crippen LogP contribution in [-0.2, 0) is 6.61 Å². The molecule has 0 amide bonds. The van der Waals surface area contributed by atoms with Crippen molar-refractivity contribution in [3.63, 3.8) is 0 Å². The molecule has 98 valence electrons. The average Bonchev–Trinajstić information content (AvgIpc) is 2.42. The monoisotopic (exact) mass is 266 g/mol. The minimum absolute atomic E-state index is 0.127. The lowest BCUT2D eigenvalue weighted by atomic mass is 10.0. The zero-order valence-corrected chi connectivity index (χ0v) is 9.66. The van der Waals surface area contributed by atoms with E-state index in [9.17, 15) is 18.0 Å². The molecule has 0 saturated heterocycles. The fourth-order valence-corrected chi connectivity index (χ4v) is 1.61. The average molecular weight is 266 g/mol. The van der Waals surface area contributed by atoms with E-state index in [1.54, 1.807) is 0 Å². The van der Waals surface area contributed by atoms with Crippen molar-refractivity contribution in [2.24, 2.45) is 0 Å². The minimum Gasteiger partial charge on any atom is -0.392 e. The number of aliphatic hydroxyl groups excluding tert-OH is 1. The van der Waals surface area contributed by atoms with E-state index in [2.05, 4.69) is 0 Å². The van der Waals surface area contributed by atoms with Crippen LogP contribution in [0.2, 0.25) is 0 Å². The zero-order chi connectivity index (χ0) is 14.0. The molecule has 2 aromatic rings. The Morgan fingerprint density at radius 2 is 1.53 bits per heavy atom. The van der Waals surface area contributed by atoms with Crippen molar-refractivity contribution in [1.29, 1.82) is 0 Å². The summed E-state index contributed by atoms with van der Waals surface area (Å²) in [6, 6.07) is 6.62. The third-order valence-electron chi connectivity index (χ3n) is 2.65. The second-order valence-corrected chi connectivity index (χ2v) is 3.93. The second kappa shape index (κ2) is 5.24. The van der Waals surface area contributed by atoms with Gasteiger partial charge >= 0.3 is 0 Å². The van der Waals surface area contributed by atoms with Crippen LogP contribution in [0.3, 0.4) is 0 Å². The summed E-state index contributed by atoms with van der Waals surface area (Å²) in [6.45, 7) is -0.187. The summed E-state index contributed by atoms with van der Waals surface area (Å²) in [7, 11) is 0. The number of hydrogen-bond donors (Lipinski definition) is 1. The SMILES string of the molecule is O=C(c1ccc(CO)cc1)c1cc(F)c(F)cc1F. The number of carbonyl (C=O) groups is 1. The smallest absolute Gasteiger partial charge is 0.196 e. The van der Waals surface area contributed by atoms with Crippen molar-refractivity contribution in [2.45, 2.75) is 6.61 Å².